The van der Waals surface area contributed by atoms with Crippen LogP contribution < -0.4 is 4.90 Å². The Morgan fingerprint density at radius 3 is 1.50 bits per heavy atom. The fraction of sp³-hybridized carbons (Fsp3) is 0.391. The maximum atomic E-state index is 2.90. The van der Waals surface area contributed by atoms with E-state index in [9.17, 15) is 0 Å². The number of benzene rings is 6. The zero-order valence-corrected chi connectivity index (χ0v) is 44.4. The van der Waals surface area contributed by atoms with Crippen LogP contribution in [-0.2, 0) is 21.7 Å². The summed E-state index contributed by atoms with van der Waals surface area (Å²) in [5.74, 6) is 1.61. The molecule has 0 aromatic heterocycles. The summed E-state index contributed by atoms with van der Waals surface area (Å²) in [4.78, 5) is 2.90. The predicted molar refractivity (Wildman–Crippen MR) is 295 cm³/mol. The van der Waals surface area contributed by atoms with E-state index in [2.05, 4.69) is 206 Å². The largest absolute Gasteiger partial charge is 0.334 e. The number of nitrogens with zero attached hydrogens (tertiary/aromatic N) is 1. The zero-order valence-electron chi connectivity index (χ0n) is 44.4. The second kappa shape index (κ2) is 12.3. The highest BCUT2D eigenvalue weighted by Crippen LogP contribution is 2.71. The number of allylic oxidation sites excluding steroid dienone is 8. The van der Waals surface area contributed by atoms with Crippen molar-refractivity contribution in [3.63, 3.8) is 0 Å². The number of anilines is 2. The van der Waals surface area contributed by atoms with Crippen LogP contribution in [0.4, 0.5) is 11.4 Å². The molecule has 15 rings (SSSR count). The summed E-state index contributed by atoms with van der Waals surface area (Å²) in [5.41, 5.74) is 32.3. The second-order valence-corrected chi connectivity index (χ2v) is 27.0. The third-order valence-corrected chi connectivity index (χ3v) is 21.6. The zero-order chi connectivity index (χ0) is 48.6. The average molecular weight is 912 g/mol. The van der Waals surface area contributed by atoms with Gasteiger partial charge in [-0.2, -0.15) is 0 Å². The predicted octanol–water partition coefficient (Wildman–Crippen LogP) is 17.8. The molecule has 9 aliphatic carbocycles. The van der Waals surface area contributed by atoms with Crippen LogP contribution in [0.3, 0.4) is 0 Å². The lowest BCUT2D eigenvalue weighted by Crippen LogP contribution is -2.46. The number of hydrogen-bond acceptors (Lipinski definition) is 1. The molecule has 1 heteroatoms. The Balaban J connectivity index is 1.03. The standard InChI is InChI=1S/C69H69N/c1-34-25-46-61-55-40(34)19-16-22-43(55)64(4,5)49-28-37(31-52(58(49)61)67(46,10)11)70(38-29-50-59-53(32-38)68(12,13)47-26-35(2)41-20-17-23-44(65(50,6)7)56(41)62(47)59)39-30-51-60-54(33-39)69(14,15)48-27-36(3)42-21-18-24-45(66(51,8)9)57(42)63(48)60/h16-23,25-29,31-33,39,45,57,63H,24,30H2,1-15H3. The molecule has 4 atom stereocenters. The average Bonchev–Trinajstić information content (AvgIpc) is 3.78. The van der Waals surface area contributed by atoms with E-state index in [1.165, 1.54) is 116 Å². The van der Waals surface area contributed by atoms with Crippen molar-refractivity contribution < 1.29 is 0 Å². The maximum Gasteiger partial charge on any atom is 0.0565 e. The Kier molecular flexibility index (Phi) is 7.40. The first-order chi connectivity index (χ1) is 33.0. The molecule has 0 saturated heterocycles. The van der Waals surface area contributed by atoms with Gasteiger partial charge in [0.15, 0.2) is 0 Å². The smallest absolute Gasteiger partial charge is 0.0565 e. The summed E-state index contributed by atoms with van der Waals surface area (Å²) < 4.78 is 0. The van der Waals surface area contributed by atoms with Crippen molar-refractivity contribution >= 4 is 32.9 Å². The number of hydrogen-bond donors (Lipinski definition) is 0. The van der Waals surface area contributed by atoms with Crippen LogP contribution in [0, 0.1) is 42.4 Å². The van der Waals surface area contributed by atoms with Gasteiger partial charge in [-0.15, -0.1) is 0 Å². The first-order valence-corrected chi connectivity index (χ1v) is 26.9. The summed E-state index contributed by atoms with van der Waals surface area (Å²) in [6.45, 7) is 37.6. The van der Waals surface area contributed by atoms with Crippen LogP contribution in [0.5, 0.6) is 0 Å². The summed E-state index contributed by atoms with van der Waals surface area (Å²) in [6.07, 6.45) is 12.7. The summed E-state index contributed by atoms with van der Waals surface area (Å²) >= 11 is 0. The summed E-state index contributed by atoms with van der Waals surface area (Å²) in [7, 11) is 0. The van der Waals surface area contributed by atoms with Gasteiger partial charge in [-0.3, -0.25) is 0 Å². The van der Waals surface area contributed by atoms with Crippen molar-refractivity contribution in [2.24, 2.45) is 28.6 Å². The van der Waals surface area contributed by atoms with E-state index in [0.29, 0.717) is 17.8 Å². The van der Waals surface area contributed by atoms with E-state index in [0.717, 1.165) is 12.8 Å². The topological polar surface area (TPSA) is 3.24 Å². The highest BCUT2D eigenvalue weighted by atomic mass is 15.2. The van der Waals surface area contributed by atoms with Gasteiger partial charge in [0.2, 0.25) is 0 Å². The van der Waals surface area contributed by atoms with Gasteiger partial charge in [-0.05, 0) is 197 Å². The van der Waals surface area contributed by atoms with Crippen LogP contribution in [0.1, 0.15) is 158 Å². The Morgan fingerprint density at radius 1 is 0.529 bits per heavy atom. The molecule has 70 heavy (non-hydrogen) atoms. The van der Waals surface area contributed by atoms with E-state index in [4.69, 9.17) is 0 Å². The van der Waals surface area contributed by atoms with Gasteiger partial charge >= 0.3 is 0 Å². The van der Waals surface area contributed by atoms with Gasteiger partial charge in [0.05, 0.1) is 6.04 Å². The van der Waals surface area contributed by atoms with Crippen molar-refractivity contribution in [3.05, 3.63) is 186 Å². The van der Waals surface area contributed by atoms with E-state index < -0.39 is 0 Å². The number of rotatable bonds is 3. The van der Waals surface area contributed by atoms with Gasteiger partial charge < -0.3 is 4.90 Å². The summed E-state index contributed by atoms with van der Waals surface area (Å²) in [5, 5.41) is 5.79. The molecule has 0 heterocycles. The molecule has 1 nitrogen and oxygen atoms in total. The Bertz CT molecular complexity index is 3580. The molecule has 1 saturated carbocycles. The lowest BCUT2D eigenvalue weighted by Gasteiger charge is -2.54. The van der Waals surface area contributed by atoms with Gasteiger partial charge in [0.1, 0.15) is 0 Å². The first-order valence-electron chi connectivity index (χ1n) is 26.9. The van der Waals surface area contributed by atoms with Crippen molar-refractivity contribution in [1.82, 2.24) is 0 Å². The van der Waals surface area contributed by atoms with Crippen LogP contribution in [0.25, 0.3) is 43.8 Å². The second-order valence-electron chi connectivity index (χ2n) is 27.0. The Hall–Kier alpha value is -5.66. The normalized spacial score (nSPS) is 26.5. The minimum Gasteiger partial charge on any atom is -0.334 e. The van der Waals surface area contributed by atoms with Gasteiger partial charge in [0.25, 0.3) is 0 Å². The molecule has 0 spiro atoms. The minimum absolute atomic E-state index is 0.0457. The monoisotopic (exact) mass is 912 g/mol. The minimum atomic E-state index is -0.194. The van der Waals surface area contributed by atoms with Crippen LogP contribution in [-0.4, -0.2) is 6.04 Å². The van der Waals surface area contributed by atoms with E-state index in [1.54, 1.807) is 27.9 Å². The molecule has 0 radical (unpaired) electrons. The quantitative estimate of drug-likeness (QED) is 0.171. The lowest BCUT2D eigenvalue weighted by atomic mass is 9.50. The lowest BCUT2D eigenvalue weighted by molar-refractivity contribution is 0.142. The van der Waals surface area contributed by atoms with Crippen molar-refractivity contribution in [2.45, 2.75) is 144 Å². The van der Waals surface area contributed by atoms with Gasteiger partial charge in [-0.25, -0.2) is 0 Å². The van der Waals surface area contributed by atoms with Crippen LogP contribution >= 0.6 is 0 Å². The van der Waals surface area contributed by atoms with Gasteiger partial charge in [-0.1, -0.05) is 167 Å². The third kappa shape index (κ3) is 4.50. The fourth-order valence-electron chi connectivity index (χ4n) is 17.8. The number of aryl methyl sites for hydroxylation is 2. The summed E-state index contributed by atoms with van der Waals surface area (Å²) in [6, 6.07) is 30.2. The van der Waals surface area contributed by atoms with E-state index in [1.807, 2.05) is 0 Å². The molecule has 6 aromatic rings. The maximum absolute atomic E-state index is 2.90. The van der Waals surface area contributed by atoms with Crippen LogP contribution in [0.2, 0.25) is 0 Å². The Labute approximate surface area is 417 Å². The fourth-order valence-corrected chi connectivity index (χ4v) is 17.8. The highest BCUT2D eigenvalue weighted by molar-refractivity contribution is 6.11. The third-order valence-electron chi connectivity index (χ3n) is 21.6. The van der Waals surface area contributed by atoms with E-state index in [-0.39, 0.29) is 38.5 Å². The van der Waals surface area contributed by atoms with Crippen molar-refractivity contribution in [2.75, 3.05) is 4.90 Å². The van der Waals surface area contributed by atoms with Crippen LogP contribution in [0.15, 0.2) is 131 Å². The molecule has 6 aromatic carbocycles. The molecule has 9 aliphatic rings. The van der Waals surface area contributed by atoms with Crippen molar-refractivity contribution in [3.8, 4) is 22.3 Å². The highest BCUT2D eigenvalue weighted by Gasteiger charge is 2.61. The molecular formula is C69H69N. The molecule has 350 valence electrons. The molecule has 1 fully saturated rings. The Morgan fingerprint density at radius 2 is 1.00 bits per heavy atom. The first kappa shape index (κ1) is 42.1. The molecule has 4 unspecified atom stereocenters. The SMILES string of the molecule is CC1=C2C=CCC3C2C2C(=C1)C(C)(C)C1=CC(N(c4cc5c6c(c4)C(C)(C)c4cccc7c(C)cc(c-6c47)C5(C)C)c4cc5c6c(c4)C(C)(C)c4cccc7c(C)cc(c-6c47)C5(C)C)CC(=C12)C3(C)C. The van der Waals surface area contributed by atoms with E-state index >= 15 is 0 Å². The molecule has 0 N–H and O–H groups in total. The molecule has 0 amide bonds. The molecular weight excluding hydrogens is 843 g/mol. The molecule has 0 aliphatic heterocycles. The van der Waals surface area contributed by atoms with Gasteiger partial charge in [0, 0.05) is 44.4 Å². The van der Waals surface area contributed by atoms with Crippen molar-refractivity contribution in [1.29, 1.82) is 0 Å². The molecule has 0 bridgehead atoms.